The molecule has 11 heteroatoms. The van der Waals surface area contributed by atoms with Crippen LogP contribution in [0.25, 0.3) is 6.08 Å². The lowest BCUT2D eigenvalue weighted by Crippen LogP contribution is -2.40. The molecular formula is C28H35N5O5S. The van der Waals surface area contributed by atoms with Gasteiger partial charge in [0, 0.05) is 31.5 Å². The van der Waals surface area contributed by atoms with Crippen LogP contribution >= 0.6 is 0 Å². The number of nitrogens with zero attached hydrogens (tertiary/aromatic N) is 2. The maximum atomic E-state index is 13.4. The number of carbonyl (C=O) groups is 1. The number of nitrogens with one attached hydrogen (secondary N) is 2. The Morgan fingerprint density at radius 2 is 1.90 bits per heavy atom. The highest BCUT2D eigenvalue weighted by molar-refractivity contribution is 7.93. The summed E-state index contributed by atoms with van der Waals surface area (Å²) < 4.78 is 39.3. The summed E-state index contributed by atoms with van der Waals surface area (Å²) >= 11 is 0. The van der Waals surface area contributed by atoms with E-state index in [9.17, 15) is 13.2 Å². The first-order valence-electron chi connectivity index (χ1n) is 13.0. The summed E-state index contributed by atoms with van der Waals surface area (Å²) in [6.07, 6.45) is 5.62. The Hall–Kier alpha value is -3.86. The lowest BCUT2D eigenvalue weighted by atomic mass is 10.1. The molecule has 1 fully saturated rings. The summed E-state index contributed by atoms with van der Waals surface area (Å²) in [6, 6.07) is 11.9. The third-order valence-electron chi connectivity index (χ3n) is 6.85. The number of nitrogens with two attached hydrogens (primary N) is 1. The first-order chi connectivity index (χ1) is 18.6. The number of sulfonamides is 1. The third-order valence-corrected chi connectivity index (χ3v) is 8.52. The molecule has 2 aliphatic rings. The van der Waals surface area contributed by atoms with E-state index in [4.69, 9.17) is 26.0 Å². The molecule has 0 aliphatic carbocycles. The van der Waals surface area contributed by atoms with Crippen LogP contribution in [0.3, 0.4) is 0 Å². The van der Waals surface area contributed by atoms with Gasteiger partial charge < -0.3 is 20.1 Å². The molecule has 2 aromatic rings. The minimum Gasteiger partial charge on any atom is -0.490 e. The SMILES string of the molecule is CCOC(=O)CS(=O)(=O)N1c2ccc(OC3CCN(C(C)=N)CC3)cc2CC1/C=C/c1cccc(C(=N)N)c1. The molecular weight excluding hydrogens is 518 g/mol. The van der Waals surface area contributed by atoms with Crippen LogP contribution in [0.15, 0.2) is 48.5 Å². The number of nitrogen functional groups attached to an aromatic ring is 1. The van der Waals surface area contributed by atoms with Gasteiger partial charge >= 0.3 is 5.97 Å². The lowest BCUT2D eigenvalue weighted by Gasteiger charge is -2.32. The van der Waals surface area contributed by atoms with E-state index in [-0.39, 0.29) is 18.5 Å². The zero-order valence-electron chi connectivity index (χ0n) is 22.2. The number of piperidine rings is 1. The van der Waals surface area contributed by atoms with Crippen LogP contribution in [0.1, 0.15) is 43.4 Å². The molecule has 0 bridgehead atoms. The van der Waals surface area contributed by atoms with E-state index in [0.29, 0.717) is 29.3 Å². The Kier molecular flexibility index (Phi) is 8.59. The monoisotopic (exact) mass is 553 g/mol. The molecule has 0 spiro atoms. The van der Waals surface area contributed by atoms with Gasteiger partial charge in [0.2, 0.25) is 10.0 Å². The Morgan fingerprint density at radius 3 is 2.56 bits per heavy atom. The van der Waals surface area contributed by atoms with Gasteiger partial charge in [-0.25, -0.2) is 8.42 Å². The zero-order valence-corrected chi connectivity index (χ0v) is 23.0. The number of rotatable bonds is 9. The molecule has 2 aromatic carbocycles. The van der Waals surface area contributed by atoms with E-state index in [0.717, 1.165) is 37.1 Å². The van der Waals surface area contributed by atoms with Crippen LogP contribution in [0, 0.1) is 10.8 Å². The second kappa shape index (κ2) is 11.9. The molecule has 4 N–H and O–H groups in total. The van der Waals surface area contributed by atoms with Gasteiger partial charge in [0.15, 0.2) is 5.75 Å². The summed E-state index contributed by atoms with van der Waals surface area (Å²) in [5, 5.41) is 15.5. The standard InChI is InChI=1S/C28H35N5O5S/c1-3-37-27(34)18-39(35,36)33-23(8-7-20-5-4-6-21(15-20)28(30)31)16-22-17-25(9-10-26(22)33)38-24-11-13-32(14-12-24)19(2)29/h4-10,15,17,23-24,29H,3,11-14,16,18H2,1-2H3,(H3,30,31)/b8-7+,29-19?. The van der Waals surface area contributed by atoms with Gasteiger partial charge in [-0.15, -0.1) is 0 Å². The number of anilines is 1. The average Bonchev–Trinajstić information content (AvgIpc) is 3.26. The highest BCUT2D eigenvalue weighted by Crippen LogP contribution is 2.38. The summed E-state index contributed by atoms with van der Waals surface area (Å²) in [4.78, 5) is 14.2. The highest BCUT2D eigenvalue weighted by Gasteiger charge is 2.38. The number of hydrogen-bond acceptors (Lipinski definition) is 7. The van der Waals surface area contributed by atoms with Crippen molar-refractivity contribution in [1.82, 2.24) is 4.90 Å². The first-order valence-corrected chi connectivity index (χ1v) is 14.6. The van der Waals surface area contributed by atoms with E-state index in [1.807, 2.05) is 17.0 Å². The minimum absolute atomic E-state index is 0.0212. The van der Waals surface area contributed by atoms with Gasteiger partial charge in [-0.2, -0.15) is 0 Å². The highest BCUT2D eigenvalue weighted by atomic mass is 32.2. The Labute approximate surface area is 229 Å². The molecule has 1 saturated heterocycles. The number of fused-ring (bicyclic) bond motifs is 1. The summed E-state index contributed by atoms with van der Waals surface area (Å²) in [5.74, 6) is -0.381. The van der Waals surface area contributed by atoms with E-state index in [1.54, 1.807) is 56.3 Å². The topological polar surface area (TPSA) is 150 Å². The van der Waals surface area contributed by atoms with Crippen molar-refractivity contribution in [3.63, 3.8) is 0 Å². The molecule has 0 aromatic heterocycles. The summed E-state index contributed by atoms with van der Waals surface area (Å²) in [5.41, 5.74) is 8.27. The number of carbonyl (C=O) groups excluding carboxylic acids is 1. The normalized spacial score (nSPS) is 17.7. The zero-order chi connectivity index (χ0) is 28.2. The number of benzene rings is 2. The Balaban J connectivity index is 1.59. The maximum Gasteiger partial charge on any atom is 0.323 e. The molecule has 1 atom stereocenters. The van der Waals surface area contributed by atoms with Crippen LogP contribution in [-0.2, 0) is 26.0 Å². The quantitative estimate of drug-likeness (QED) is 0.245. The lowest BCUT2D eigenvalue weighted by molar-refractivity contribution is -0.139. The second-order valence-corrected chi connectivity index (χ2v) is 11.6. The number of ether oxygens (including phenoxy) is 2. The fourth-order valence-electron chi connectivity index (χ4n) is 4.96. The first kappa shape index (κ1) is 28.2. The molecule has 2 heterocycles. The number of likely N-dealkylation sites (tertiary alicyclic amines) is 1. The maximum absolute atomic E-state index is 13.4. The number of amidine groups is 2. The van der Waals surface area contributed by atoms with Crippen LogP contribution in [0.5, 0.6) is 5.75 Å². The van der Waals surface area contributed by atoms with Crippen LogP contribution in [-0.4, -0.2) is 68.6 Å². The largest absolute Gasteiger partial charge is 0.490 e. The predicted molar refractivity (Wildman–Crippen MR) is 152 cm³/mol. The van der Waals surface area contributed by atoms with Gasteiger partial charge in [-0.3, -0.25) is 19.9 Å². The van der Waals surface area contributed by atoms with E-state index in [2.05, 4.69) is 0 Å². The van der Waals surface area contributed by atoms with Crippen molar-refractivity contribution in [2.24, 2.45) is 5.73 Å². The van der Waals surface area contributed by atoms with Gasteiger partial charge in [-0.05, 0) is 55.7 Å². The van der Waals surface area contributed by atoms with Crippen LogP contribution < -0.4 is 14.8 Å². The summed E-state index contributed by atoms with van der Waals surface area (Å²) in [7, 11) is -4.04. The Morgan fingerprint density at radius 1 is 1.15 bits per heavy atom. The molecule has 4 rings (SSSR count). The average molecular weight is 554 g/mol. The number of esters is 1. The molecule has 10 nitrogen and oxygen atoms in total. The fraction of sp³-hybridized carbons (Fsp3) is 0.393. The van der Waals surface area contributed by atoms with Crippen molar-refractivity contribution in [3.05, 3.63) is 65.2 Å². The predicted octanol–water partition coefficient (Wildman–Crippen LogP) is 3.15. The van der Waals surface area contributed by atoms with E-state index in [1.165, 1.54) is 4.31 Å². The van der Waals surface area contributed by atoms with Crippen molar-refractivity contribution in [3.8, 4) is 5.75 Å². The van der Waals surface area contributed by atoms with Crippen molar-refractivity contribution in [2.45, 2.75) is 45.3 Å². The molecule has 0 saturated carbocycles. The van der Waals surface area contributed by atoms with Gasteiger partial charge in [0.25, 0.3) is 0 Å². The van der Waals surface area contributed by atoms with Crippen LogP contribution in [0.4, 0.5) is 5.69 Å². The number of hydrogen-bond donors (Lipinski definition) is 3. The minimum atomic E-state index is -4.04. The summed E-state index contributed by atoms with van der Waals surface area (Å²) in [6.45, 7) is 5.05. The molecule has 0 radical (unpaired) electrons. The Bertz CT molecular complexity index is 1380. The molecule has 1 unspecified atom stereocenters. The van der Waals surface area contributed by atoms with Crippen molar-refractivity contribution >= 4 is 39.4 Å². The molecule has 208 valence electrons. The van der Waals surface area contributed by atoms with Crippen molar-refractivity contribution in [1.29, 1.82) is 10.8 Å². The van der Waals surface area contributed by atoms with Gasteiger partial charge in [0.1, 0.15) is 17.7 Å². The van der Waals surface area contributed by atoms with Crippen LogP contribution in [0.2, 0.25) is 0 Å². The smallest absolute Gasteiger partial charge is 0.323 e. The molecule has 2 aliphatic heterocycles. The second-order valence-electron chi connectivity index (χ2n) is 9.71. The molecule has 39 heavy (non-hydrogen) atoms. The third kappa shape index (κ3) is 6.78. The van der Waals surface area contributed by atoms with Crippen molar-refractivity contribution < 1.29 is 22.7 Å². The van der Waals surface area contributed by atoms with E-state index >= 15 is 0 Å². The van der Waals surface area contributed by atoms with Crippen molar-refractivity contribution in [2.75, 3.05) is 29.8 Å². The van der Waals surface area contributed by atoms with Gasteiger partial charge in [-0.1, -0.05) is 30.4 Å². The molecule has 0 amide bonds. The van der Waals surface area contributed by atoms with E-state index < -0.39 is 27.8 Å². The fourth-order valence-corrected chi connectivity index (χ4v) is 6.51. The van der Waals surface area contributed by atoms with Gasteiger partial charge in [0.05, 0.1) is 24.2 Å².